The summed E-state index contributed by atoms with van der Waals surface area (Å²) in [6, 6.07) is 0. The average molecular weight is 236 g/mol. The maximum absolute atomic E-state index is 13.0. The molecule has 0 aliphatic rings. The Balaban J connectivity index is 3.07. The van der Waals surface area contributed by atoms with Crippen molar-refractivity contribution in [2.75, 3.05) is 5.32 Å². The molecule has 0 saturated heterocycles. The zero-order valence-electron chi connectivity index (χ0n) is 8.28. The number of amides is 1. The molecule has 1 aromatic rings. The van der Waals surface area contributed by atoms with Gasteiger partial charge < -0.3 is 5.32 Å². The van der Waals surface area contributed by atoms with Crippen molar-refractivity contribution < 1.29 is 22.4 Å². The standard InChI is InChI=1S/C9H8F4N2O/c1-2-3-4(16)14-7-5(10)8(12)15-9(13)6(7)11/h2-3H2,1H3,(H,14,15,16). The molecule has 0 aliphatic heterocycles. The van der Waals surface area contributed by atoms with Crippen LogP contribution < -0.4 is 5.32 Å². The van der Waals surface area contributed by atoms with Crippen molar-refractivity contribution in [3.8, 4) is 0 Å². The van der Waals surface area contributed by atoms with Crippen LogP contribution in [0.4, 0.5) is 23.2 Å². The highest BCUT2D eigenvalue weighted by atomic mass is 19.2. The number of nitrogens with zero attached hydrogens (tertiary/aromatic N) is 1. The van der Waals surface area contributed by atoms with Crippen molar-refractivity contribution >= 4 is 11.6 Å². The predicted octanol–water partition coefficient (Wildman–Crippen LogP) is 2.38. The van der Waals surface area contributed by atoms with E-state index in [-0.39, 0.29) is 6.42 Å². The molecule has 0 saturated carbocycles. The minimum atomic E-state index is -1.80. The van der Waals surface area contributed by atoms with Gasteiger partial charge in [0.05, 0.1) is 0 Å². The number of hydrogen-bond donors (Lipinski definition) is 1. The number of anilines is 1. The number of carbonyl (C=O) groups excluding carboxylic acids is 1. The van der Waals surface area contributed by atoms with Gasteiger partial charge in [0.1, 0.15) is 5.69 Å². The van der Waals surface area contributed by atoms with Gasteiger partial charge >= 0.3 is 0 Å². The molecule has 88 valence electrons. The summed E-state index contributed by atoms with van der Waals surface area (Å²) in [5, 5.41) is 1.75. The Bertz CT molecular complexity index is 396. The van der Waals surface area contributed by atoms with E-state index in [2.05, 4.69) is 4.98 Å². The second-order valence-electron chi connectivity index (χ2n) is 2.99. The molecule has 0 aliphatic carbocycles. The molecular formula is C9H8F4N2O. The second-order valence-corrected chi connectivity index (χ2v) is 2.99. The lowest BCUT2D eigenvalue weighted by Gasteiger charge is -2.07. The van der Waals surface area contributed by atoms with Crippen LogP contribution in [-0.2, 0) is 4.79 Å². The van der Waals surface area contributed by atoms with Crippen LogP contribution in [0.1, 0.15) is 19.8 Å². The van der Waals surface area contributed by atoms with E-state index in [0.29, 0.717) is 6.42 Å². The first-order chi connectivity index (χ1) is 7.47. The fraction of sp³-hybridized carbons (Fsp3) is 0.333. The zero-order valence-corrected chi connectivity index (χ0v) is 8.28. The molecule has 0 unspecified atom stereocenters. The van der Waals surface area contributed by atoms with E-state index in [1.165, 1.54) is 0 Å². The first-order valence-corrected chi connectivity index (χ1v) is 4.47. The Kier molecular flexibility index (Phi) is 3.81. The quantitative estimate of drug-likeness (QED) is 0.646. The molecule has 0 bridgehead atoms. The summed E-state index contributed by atoms with van der Waals surface area (Å²) in [5.74, 6) is -7.77. The van der Waals surface area contributed by atoms with E-state index < -0.39 is 35.1 Å². The van der Waals surface area contributed by atoms with Crippen molar-refractivity contribution in [3.63, 3.8) is 0 Å². The lowest BCUT2D eigenvalue weighted by molar-refractivity contribution is -0.116. The smallest absolute Gasteiger partial charge is 0.253 e. The Morgan fingerprint density at radius 3 is 2.12 bits per heavy atom. The third-order valence-electron chi connectivity index (χ3n) is 1.74. The van der Waals surface area contributed by atoms with Crippen molar-refractivity contribution in [1.29, 1.82) is 0 Å². The number of aromatic nitrogens is 1. The Hall–Kier alpha value is -1.66. The van der Waals surface area contributed by atoms with Crippen LogP contribution in [0.2, 0.25) is 0 Å². The number of halogens is 4. The minimum absolute atomic E-state index is 0.00948. The van der Waals surface area contributed by atoms with E-state index in [1.54, 1.807) is 12.2 Å². The lowest BCUT2D eigenvalue weighted by atomic mass is 10.3. The fourth-order valence-corrected chi connectivity index (χ4v) is 1.03. The van der Waals surface area contributed by atoms with Crippen LogP contribution in [0.15, 0.2) is 0 Å². The van der Waals surface area contributed by atoms with Crippen molar-refractivity contribution in [2.45, 2.75) is 19.8 Å². The summed E-state index contributed by atoms with van der Waals surface area (Å²) >= 11 is 0. The molecule has 0 fully saturated rings. The third kappa shape index (κ3) is 2.47. The number of rotatable bonds is 3. The summed E-state index contributed by atoms with van der Waals surface area (Å²) in [6.07, 6.45) is 0.426. The Labute approximate surface area is 88.5 Å². The highest BCUT2D eigenvalue weighted by molar-refractivity contribution is 5.90. The number of nitrogens with one attached hydrogen (secondary N) is 1. The largest absolute Gasteiger partial charge is 0.321 e. The highest BCUT2D eigenvalue weighted by Crippen LogP contribution is 2.22. The van der Waals surface area contributed by atoms with E-state index in [9.17, 15) is 22.4 Å². The maximum atomic E-state index is 13.0. The summed E-state index contributed by atoms with van der Waals surface area (Å²) < 4.78 is 51.2. The maximum Gasteiger partial charge on any atom is 0.253 e. The van der Waals surface area contributed by atoms with Crippen molar-refractivity contribution in [3.05, 3.63) is 23.5 Å². The van der Waals surface area contributed by atoms with E-state index in [4.69, 9.17) is 0 Å². The molecular weight excluding hydrogens is 228 g/mol. The van der Waals surface area contributed by atoms with Crippen LogP contribution >= 0.6 is 0 Å². The van der Waals surface area contributed by atoms with Gasteiger partial charge in [0, 0.05) is 6.42 Å². The molecule has 0 aromatic carbocycles. The first-order valence-electron chi connectivity index (χ1n) is 4.47. The van der Waals surface area contributed by atoms with E-state index in [0.717, 1.165) is 0 Å². The molecule has 1 N–H and O–H groups in total. The predicted molar refractivity (Wildman–Crippen MR) is 47.6 cm³/mol. The molecule has 0 spiro atoms. The fourth-order valence-electron chi connectivity index (χ4n) is 1.03. The molecule has 1 rings (SSSR count). The van der Waals surface area contributed by atoms with Crippen LogP contribution in [0.25, 0.3) is 0 Å². The molecule has 1 heterocycles. The van der Waals surface area contributed by atoms with Crippen molar-refractivity contribution in [1.82, 2.24) is 4.98 Å². The summed E-state index contributed by atoms with van der Waals surface area (Å²) in [4.78, 5) is 13.4. The molecule has 1 amide bonds. The van der Waals surface area contributed by atoms with Crippen LogP contribution in [0.3, 0.4) is 0 Å². The molecule has 0 atom stereocenters. The van der Waals surface area contributed by atoms with Gasteiger partial charge in [-0.25, -0.2) is 0 Å². The van der Waals surface area contributed by atoms with Gasteiger partial charge in [0.25, 0.3) is 11.9 Å². The Morgan fingerprint density at radius 1 is 1.19 bits per heavy atom. The number of pyridine rings is 1. The molecule has 0 radical (unpaired) electrons. The third-order valence-corrected chi connectivity index (χ3v) is 1.74. The first kappa shape index (κ1) is 12.4. The number of carbonyl (C=O) groups is 1. The van der Waals surface area contributed by atoms with Crippen LogP contribution in [0, 0.1) is 23.5 Å². The van der Waals surface area contributed by atoms with Gasteiger partial charge in [0.2, 0.25) is 17.5 Å². The van der Waals surface area contributed by atoms with Gasteiger partial charge in [-0.3, -0.25) is 4.79 Å². The molecule has 1 aromatic heterocycles. The Morgan fingerprint density at radius 2 is 1.69 bits per heavy atom. The molecule has 7 heteroatoms. The van der Waals surface area contributed by atoms with Crippen molar-refractivity contribution in [2.24, 2.45) is 0 Å². The van der Waals surface area contributed by atoms with E-state index in [1.807, 2.05) is 0 Å². The average Bonchev–Trinajstić information content (AvgIpc) is 2.22. The topological polar surface area (TPSA) is 42.0 Å². The second kappa shape index (κ2) is 4.91. The number of hydrogen-bond acceptors (Lipinski definition) is 2. The molecule has 3 nitrogen and oxygen atoms in total. The van der Waals surface area contributed by atoms with Gasteiger partial charge in [-0.2, -0.15) is 22.5 Å². The SMILES string of the molecule is CCCC(=O)Nc1c(F)c(F)nc(F)c1F. The summed E-state index contributed by atoms with van der Waals surface area (Å²) in [6.45, 7) is 1.67. The van der Waals surface area contributed by atoms with Gasteiger partial charge in [0.15, 0.2) is 0 Å². The van der Waals surface area contributed by atoms with Gasteiger partial charge in [-0.05, 0) is 6.42 Å². The van der Waals surface area contributed by atoms with Crippen LogP contribution in [-0.4, -0.2) is 10.9 Å². The van der Waals surface area contributed by atoms with Crippen LogP contribution in [0.5, 0.6) is 0 Å². The van der Waals surface area contributed by atoms with Gasteiger partial charge in [-0.15, -0.1) is 0 Å². The monoisotopic (exact) mass is 236 g/mol. The minimum Gasteiger partial charge on any atom is -0.321 e. The summed E-state index contributed by atoms with van der Waals surface area (Å²) in [7, 11) is 0. The normalized spacial score (nSPS) is 10.3. The summed E-state index contributed by atoms with van der Waals surface area (Å²) in [5.41, 5.74) is -1.15. The highest BCUT2D eigenvalue weighted by Gasteiger charge is 2.21. The van der Waals surface area contributed by atoms with Gasteiger partial charge in [-0.1, -0.05) is 6.92 Å². The van der Waals surface area contributed by atoms with E-state index >= 15 is 0 Å². The lowest BCUT2D eigenvalue weighted by Crippen LogP contribution is -2.16. The molecule has 16 heavy (non-hydrogen) atoms. The zero-order chi connectivity index (χ0) is 12.3.